The van der Waals surface area contributed by atoms with Gasteiger partial charge in [0.2, 0.25) is 5.91 Å². The molecular weight excluding hydrogens is 248 g/mol. The normalized spacial score (nSPS) is 26.1. The second-order valence-corrected chi connectivity index (χ2v) is 7.36. The SMILES string of the molecule is CCC1(C)CCN(C(=O)C2(CN)CCCCCC2)CC1. The van der Waals surface area contributed by atoms with Gasteiger partial charge >= 0.3 is 0 Å². The predicted molar refractivity (Wildman–Crippen MR) is 83.4 cm³/mol. The number of hydrogen-bond donors (Lipinski definition) is 1. The summed E-state index contributed by atoms with van der Waals surface area (Å²) in [6.07, 6.45) is 10.4. The Kier molecular flexibility index (Phi) is 5.11. The van der Waals surface area contributed by atoms with Crippen LogP contribution in [-0.4, -0.2) is 30.4 Å². The molecule has 0 atom stereocenters. The van der Waals surface area contributed by atoms with Crippen molar-refractivity contribution >= 4 is 5.91 Å². The standard InChI is InChI=1S/C17H32N2O/c1-3-16(2)10-12-19(13-11-16)15(20)17(14-18)8-6-4-5-7-9-17/h3-14,18H2,1-2H3. The Labute approximate surface area is 124 Å². The van der Waals surface area contributed by atoms with E-state index in [0.717, 1.165) is 38.8 Å². The molecule has 2 N–H and O–H groups in total. The molecule has 1 heterocycles. The van der Waals surface area contributed by atoms with E-state index in [1.54, 1.807) is 0 Å². The maximum absolute atomic E-state index is 13.0. The molecule has 0 aromatic carbocycles. The summed E-state index contributed by atoms with van der Waals surface area (Å²) in [4.78, 5) is 15.1. The average Bonchev–Trinajstić information content (AvgIpc) is 2.74. The number of carbonyl (C=O) groups is 1. The van der Waals surface area contributed by atoms with Crippen LogP contribution in [-0.2, 0) is 4.79 Å². The zero-order valence-corrected chi connectivity index (χ0v) is 13.4. The van der Waals surface area contributed by atoms with Gasteiger partial charge in [-0.3, -0.25) is 4.79 Å². The molecule has 116 valence electrons. The highest BCUT2D eigenvalue weighted by Gasteiger charge is 2.41. The molecule has 0 aromatic rings. The molecule has 20 heavy (non-hydrogen) atoms. The van der Waals surface area contributed by atoms with Crippen molar-refractivity contribution < 1.29 is 4.79 Å². The van der Waals surface area contributed by atoms with Gasteiger partial charge in [-0.2, -0.15) is 0 Å². The van der Waals surface area contributed by atoms with Crippen LogP contribution < -0.4 is 5.73 Å². The van der Waals surface area contributed by atoms with Crippen molar-refractivity contribution in [1.29, 1.82) is 0 Å². The highest BCUT2D eigenvalue weighted by atomic mass is 16.2. The third kappa shape index (κ3) is 3.19. The van der Waals surface area contributed by atoms with Gasteiger partial charge in [-0.1, -0.05) is 46.0 Å². The molecule has 1 saturated heterocycles. The lowest BCUT2D eigenvalue weighted by atomic mass is 9.75. The molecule has 3 nitrogen and oxygen atoms in total. The zero-order valence-electron chi connectivity index (χ0n) is 13.4. The summed E-state index contributed by atoms with van der Waals surface area (Å²) in [5.41, 5.74) is 6.25. The van der Waals surface area contributed by atoms with E-state index in [2.05, 4.69) is 18.7 Å². The summed E-state index contributed by atoms with van der Waals surface area (Å²) in [5.74, 6) is 0.361. The highest BCUT2D eigenvalue weighted by Crippen LogP contribution is 2.39. The molecule has 3 heteroatoms. The molecule has 1 amide bonds. The van der Waals surface area contributed by atoms with Gasteiger partial charge < -0.3 is 10.6 Å². The Morgan fingerprint density at radius 1 is 1.05 bits per heavy atom. The van der Waals surface area contributed by atoms with E-state index in [1.807, 2.05) is 0 Å². The van der Waals surface area contributed by atoms with Gasteiger partial charge in [-0.15, -0.1) is 0 Å². The zero-order chi connectivity index (χ0) is 14.6. The summed E-state index contributed by atoms with van der Waals surface area (Å²) in [7, 11) is 0. The molecular formula is C17H32N2O. The van der Waals surface area contributed by atoms with E-state index in [0.29, 0.717) is 17.9 Å². The molecule has 1 aliphatic heterocycles. The van der Waals surface area contributed by atoms with Crippen molar-refractivity contribution in [3.05, 3.63) is 0 Å². The van der Waals surface area contributed by atoms with Gasteiger partial charge in [-0.25, -0.2) is 0 Å². The second-order valence-electron chi connectivity index (χ2n) is 7.36. The Hall–Kier alpha value is -0.570. The highest BCUT2D eigenvalue weighted by molar-refractivity contribution is 5.83. The van der Waals surface area contributed by atoms with E-state index < -0.39 is 0 Å². The van der Waals surface area contributed by atoms with Crippen LogP contribution in [0.25, 0.3) is 0 Å². The lowest BCUT2D eigenvalue weighted by molar-refractivity contribution is -0.145. The molecule has 0 spiro atoms. The van der Waals surface area contributed by atoms with E-state index in [1.165, 1.54) is 32.1 Å². The first kappa shape index (κ1) is 15.8. The summed E-state index contributed by atoms with van der Waals surface area (Å²) in [5, 5.41) is 0. The smallest absolute Gasteiger partial charge is 0.230 e. The fourth-order valence-electron chi connectivity index (χ4n) is 3.85. The van der Waals surface area contributed by atoms with E-state index in [4.69, 9.17) is 5.73 Å². The first-order valence-corrected chi connectivity index (χ1v) is 8.55. The van der Waals surface area contributed by atoms with Crippen LogP contribution in [0.5, 0.6) is 0 Å². The van der Waals surface area contributed by atoms with Gasteiger partial charge in [0.15, 0.2) is 0 Å². The lowest BCUT2D eigenvalue weighted by Gasteiger charge is -2.43. The number of likely N-dealkylation sites (tertiary alicyclic amines) is 1. The number of nitrogens with zero attached hydrogens (tertiary/aromatic N) is 1. The number of piperidine rings is 1. The summed E-state index contributed by atoms with van der Waals surface area (Å²) in [6.45, 7) is 7.03. The summed E-state index contributed by atoms with van der Waals surface area (Å²) in [6, 6.07) is 0. The third-order valence-electron chi connectivity index (χ3n) is 6.02. The van der Waals surface area contributed by atoms with Gasteiger partial charge in [0, 0.05) is 19.6 Å². The Bertz CT molecular complexity index is 324. The van der Waals surface area contributed by atoms with E-state index in [9.17, 15) is 4.79 Å². The molecule has 0 unspecified atom stereocenters. The van der Waals surface area contributed by atoms with Crippen molar-refractivity contribution in [1.82, 2.24) is 4.90 Å². The number of carbonyl (C=O) groups excluding carboxylic acids is 1. The maximum atomic E-state index is 13.0. The van der Waals surface area contributed by atoms with Crippen molar-refractivity contribution in [2.24, 2.45) is 16.6 Å². The maximum Gasteiger partial charge on any atom is 0.230 e. The monoisotopic (exact) mass is 280 g/mol. The van der Waals surface area contributed by atoms with Crippen LogP contribution in [0.4, 0.5) is 0 Å². The minimum absolute atomic E-state index is 0.240. The molecule has 2 rings (SSSR count). The Morgan fingerprint density at radius 3 is 2.05 bits per heavy atom. The number of rotatable bonds is 3. The van der Waals surface area contributed by atoms with Crippen LogP contribution in [0.2, 0.25) is 0 Å². The Balaban J connectivity index is 2.02. The minimum atomic E-state index is -0.240. The van der Waals surface area contributed by atoms with Crippen LogP contribution in [0.3, 0.4) is 0 Å². The lowest BCUT2D eigenvalue weighted by Crippen LogP contribution is -2.51. The quantitative estimate of drug-likeness (QED) is 0.806. The van der Waals surface area contributed by atoms with Crippen LogP contribution in [0, 0.1) is 10.8 Å². The topological polar surface area (TPSA) is 46.3 Å². The fraction of sp³-hybridized carbons (Fsp3) is 0.941. The van der Waals surface area contributed by atoms with Gasteiger partial charge in [-0.05, 0) is 31.1 Å². The summed E-state index contributed by atoms with van der Waals surface area (Å²) < 4.78 is 0. The Morgan fingerprint density at radius 2 is 1.60 bits per heavy atom. The number of nitrogens with two attached hydrogens (primary N) is 1. The fourth-order valence-corrected chi connectivity index (χ4v) is 3.85. The van der Waals surface area contributed by atoms with Gasteiger partial charge in [0.25, 0.3) is 0 Å². The van der Waals surface area contributed by atoms with Gasteiger partial charge in [0.1, 0.15) is 0 Å². The van der Waals surface area contributed by atoms with Crippen LogP contribution in [0.1, 0.15) is 71.6 Å². The van der Waals surface area contributed by atoms with E-state index in [-0.39, 0.29) is 5.41 Å². The number of amides is 1. The molecule has 0 bridgehead atoms. The van der Waals surface area contributed by atoms with Crippen LogP contribution in [0.15, 0.2) is 0 Å². The number of hydrogen-bond acceptors (Lipinski definition) is 2. The van der Waals surface area contributed by atoms with Crippen molar-refractivity contribution in [2.45, 2.75) is 71.6 Å². The molecule has 1 saturated carbocycles. The van der Waals surface area contributed by atoms with E-state index >= 15 is 0 Å². The molecule has 1 aliphatic carbocycles. The largest absolute Gasteiger partial charge is 0.342 e. The minimum Gasteiger partial charge on any atom is -0.342 e. The molecule has 0 radical (unpaired) electrons. The van der Waals surface area contributed by atoms with Crippen molar-refractivity contribution in [2.75, 3.05) is 19.6 Å². The van der Waals surface area contributed by atoms with Crippen molar-refractivity contribution in [3.8, 4) is 0 Å². The van der Waals surface area contributed by atoms with Crippen molar-refractivity contribution in [3.63, 3.8) is 0 Å². The second kappa shape index (κ2) is 6.46. The predicted octanol–water partition coefficient (Wildman–Crippen LogP) is 3.32. The molecule has 2 aliphatic rings. The molecule has 0 aromatic heterocycles. The third-order valence-corrected chi connectivity index (χ3v) is 6.02. The van der Waals surface area contributed by atoms with Gasteiger partial charge in [0.05, 0.1) is 5.41 Å². The average molecular weight is 280 g/mol. The first-order chi connectivity index (χ1) is 9.55. The summed E-state index contributed by atoms with van der Waals surface area (Å²) >= 11 is 0. The van der Waals surface area contributed by atoms with Crippen LogP contribution >= 0.6 is 0 Å². The molecule has 2 fully saturated rings. The first-order valence-electron chi connectivity index (χ1n) is 8.55.